The summed E-state index contributed by atoms with van der Waals surface area (Å²) in [6.45, 7) is 1.04. The van der Waals surface area contributed by atoms with E-state index >= 15 is 0 Å². The second kappa shape index (κ2) is 3.64. The third-order valence-corrected chi connectivity index (χ3v) is 3.45. The zero-order valence-corrected chi connectivity index (χ0v) is 8.03. The zero-order chi connectivity index (χ0) is 8.39. The van der Waals surface area contributed by atoms with Crippen LogP contribution in [0.3, 0.4) is 0 Å². The van der Waals surface area contributed by atoms with Crippen LogP contribution in [0.25, 0.3) is 0 Å². The summed E-state index contributed by atoms with van der Waals surface area (Å²) in [7, 11) is 2.00. The van der Waals surface area contributed by atoms with E-state index in [9.17, 15) is 0 Å². The Hall–Kier alpha value is -0.250. The molecule has 0 saturated carbocycles. The van der Waals surface area contributed by atoms with Gasteiger partial charge in [0.05, 0.1) is 5.37 Å². The standard InChI is InChI=1S/C9H14N2S/c1-10-6-9-11-7-4-2-3-5-8(7)12-9/h2-3,5,7,9-11H,4,6H2,1H3. The molecule has 1 aliphatic heterocycles. The Labute approximate surface area is 77.5 Å². The van der Waals surface area contributed by atoms with Crippen LogP contribution < -0.4 is 10.6 Å². The summed E-state index contributed by atoms with van der Waals surface area (Å²) in [5.41, 5.74) is 0. The Morgan fingerprint density at radius 3 is 3.42 bits per heavy atom. The van der Waals surface area contributed by atoms with Crippen molar-refractivity contribution in [3.63, 3.8) is 0 Å². The molecule has 1 aliphatic carbocycles. The Kier molecular flexibility index (Phi) is 2.54. The summed E-state index contributed by atoms with van der Waals surface area (Å²) in [6, 6.07) is 0.596. The maximum atomic E-state index is 3.57. The second-order valence-corrected chi connectivity index (χ2v) is 4.39. The monoisotopic (exact) mass is 182 g/mol. The number of rotatable bonds is 2. The van der Waals surface area contributed by atoms with Crippen molar-refractivity contribution >= 4 is 11.8 Å². The first-order chi connectivity index (χ1) is 5.90. The highest BCUT2D eigenvalue weighted by Gasteiger charge is 2.28. The molecular formula is C9H14N2S. The molecule has 2 nitrogen and oxygen atoms in total. The largest absolute Gasteiger partial charge is 0.317 e. The molecule has 3 heteroatoms. The molecule has 0 amide bonds. The Balaban J connectivity index is 1.98. The highest BCUT2D eigenvalue weighted by atomic mass is 32.2. The number of likely N-dealkylation sites (N-methyl/N-ethyl adjacent to an activating group) is 1. The van der Waals surface area contributed by atoms with E-state index in [1.165, 1.54) is 4.91 Å². The van der Waals surface area contributed by atoms with Crippen LogP contribution >= 0.6 is 11.8 Å². The fourth-order valence-electron chi connectivity index (χ4n) is 1.59. The molecule has 0 aromatic carbocycles. The van der Waals surface area contributed by atoms with Gasteiger partial charge >= 0.3 is 0 Å². The van der Waals surface area contributed by atoms with Gasteiger partial charge in [-0.15, -0.1) is 11.8 Å². The van der Waals surface area contributed by atoms with E-state index in [0.29, 0.717) is 11.4 Å². The van der Waals surface area contributed by atoms with Gasteiger partial charge in [0.25, 0.3) is 0 Å². The molecule has 2 unspecified atom stereocenters. The summed E-state index contributed by atoms with van der Waals surface area (Å²) in [5.74, 6) is 0. The third-order valence-electron chi connectivity index (χ3n) is 2.17. The maximum Gasteiger partial charge on any atom is 0.0708 e. The normalized spacial score (nSPS) is 33.2. The number of fused-ring (bicyclic) bond motifs is 1. The average Bonchev–Trinajstić information content (AvgIpc) is 2.47. The third kappa shape index (κ3) is 1.58. The lowest BCUT2D eigenvalue weighted by Gasteiger charge is -2.12. The van der Waals surface area contributed by atoms with E-state index in [4.69, 9.17) is 0 Å². The first kappa shape index (κ1) is 8.35. The Morgan fingerprint density at radius 1 is 1.75 bits per heavy atom. The van der Waals surface area contributed by atoms with E-state index in [1.54, 1.807) is 0 Å². The molecule has 1 heterocycles. The van der Waals surface area contributed by atoms with Gasteiger partial charge in [0.2, 0.25) is 0 Å². The van der Waals surface area contributed by atoms with E-state index in [-0.39, 0.29) is 0 Å². The molecule has 0 bridgehead atoms. The number of allylic oxidation sites excluding steroid dienone is 2. The first-order valence-corrected chi connectivity index (χ1v) is 5.22. The Bertz CT molecular complexity index is 223. The molecule has 2 aliphatic rings. The lowest BCUT2D eigenvalue weighted by atomic mass is 10.1. The zero-order valence-electron chi connectivity index (χ0n) is 7.21. The first-order valence-electron chi connectivity index (χ1n) is 4.34. The lowest BCUT2D eigenvalue weighted by molar-refractivity contribution is 0.568. The van der Waals surface area contributed by atoms with Crippen molar-refractivity contribution in [1.82, 2.24) is 10.6 Å². The number of nitrogens with one attached hydrogen (secondary N) is 2. The topological polar surface area (TPSA) is 24.1 Å². The molecule has 1 fully saturated rings. The average molecular weight is 182 g/mol. The number of hydrogen-bond donors (Lipinski definition) is 2. The molecule has 0 aromatic rings. The molecule has 0 radical (unpaired) electrons. The SMILES string of the molecule is CNCC1NC2CC=CC=C2S1. The predicted molar refractivity (Wildman–Crippen MR) is 54.1 cm³/mol. The van der Waals surface area contributed by atoms with Crippen molar-refractivity contribution in [2.45, 2.75) is 17.8 Å². The van der Waals surface area contributed by atoms with Crippen LogP contribution in [0.1, 0.15) is 6.42 Å². The lowest BCUT2D eigenvalue weighted by Crippen LogP contribution is -2.35. The van der Waals surface area contributed by atoms with Crippen LogP contribution in [0, 0.1) is 0 Å². The summed E-state index contributed by atoms with van der Waals surface area (Å²) >= 11 is 1.96. The van der Waals surface area contributed by atoms with Gasteiger partial charge in [0, 0.05) is 17.5 Å². The van der Waals surface area contributed by atoms with E-state index in [2.05, 4.69) is 28.9 Å². The van der Waals surface area contributed by atoms with Crippen LogP contribution in [-0.4, -0.2) is 25.0 Å². The van der Waals surface area contributed by atoms with E-state index in [1.807, 2.05) is 18.8 Å². The molecule has 2 atom stereocenters. The fourth-order valence-corrected chi connectivity index (χ4v) is 2.89. The number of hydrogen-bond acceptors (Lipinski definition) is 3. The van der Waals surface area contributed by atoms with Crippen molar-refractivity contribution in [3.05, 3.63) is 23.1 Å². The minimum Gasteiger partial charge on any atom is -0.317 e. The highest BCUT2D eigenvalue weighted by molar-refractivity contribution is 8.04. The summed E-state index contributed by atoms with van der Waals surface area (Å²) in [4.78, 5) is 1.50. The molecule has 0 aromatic heterocycles. The van der Waals surface area contributed by atoms with Crippen LogP contribution in [0.5, 0.6) is 0 Å². The van der Waals surface area contributed by atoms with Crippen molar-refractivity contribution in [2.24, 2.45) is 0 Å². The molecule has 1 saturated heterocycles. The smallest absolute Gasteiger partial charge is 0.0708 e. The quantitative estimate of drug-likeness (QED) is 0.668. The van der Waals surface area contributed by atoms with Crippen molar-refractivity contribution in [2.75, 3.05) is 13.6 Å². The molecule has 0 spiro atoms. The second-order valence-electron chi connectivity index (χ2n) is 3.12. The predicted octanol–water partition coefficient (Wildman–Crippen LogP) is 1.08. The van der Waals surface area contributed by atoms with Crippen molar-refractivity contribution in [3.8, 4) is 0 Å². The molecule has 66 valence electrons. The van der Waals surface area contributed by atoms with Crippen molar-refractivity contribution in [1.29, 1.82) is 0 Å². The van der Waals surface area contributed by atoms with Gasteiger partial charge in [-0.25, -0.2) is 0 Å². The highest BCUT2D eigenvalue weighted by Crippen LogP contribution is 2.34. The summed E-state index contributed by atoms with van der Waals surface area (Å²) in [5, 5.41) is 7.32. The van der Waals surface area contributed by atoms with Crippen molar-refractivity contribution < 1.29 is 0 Å². The molecular weight excluding hydrogens is 168 g/mol. The summed E-state index contributed by atoms with van der Waals surface area (Å²) in [6.07, 6.45) is 7.76. The van der Waals surface area contributed by atoms with Gasteiger partial charge in [-0.3, -0.25) is 5.32 Å². The number of thioether (sulfide) groups is 1. The van der Waals surface area contributed by atoms with Crippen LogP contribution in [0.4, 0.5) is 0 Å². The van der Waals surface area contributed by atoms with Crippen LogP contribution in [0.15, 0.2) is 23.1 Å². The summed E-state index contributed by atoms with van der Waals surface area (Å²) < 4.78 is 0. The van der Waals surface area contributed by atoms with E-state index in [0.717, 1.165) is 13.0 Å². The van der Waals surface area contributed by atoms with Gasteiger partial charge in [-0.2, -0.15) is 0 Å². The van der Waals surface area contributed by atoms with Gasteiger partial charge in [-0.1, -0.05) is 18.2 Å². The molecule has 2 N–H and O–H groups in total. The van der Waals surface area contributed by atoms with Gasteiger partial charge in [0.1, 0.15) is 0 Å². The fraction of sp³-hybridized carbons (Fsp3) is 0.556. The minimum atomic E-state index is 0.561. The molecule has 2 rings (SSSR count). The van der Waals surface area contributed by atoms with Crippen LogP contribution in [-0.2, 0) is 0 Å². The maximum absolute atomic E-state index is 3.57. The van der Waals surface area contributed by atoms with Gasteiger partial charge in [0.15, 0.2) is 0 Å². The minimum absolute atomic E-state index is 0.561. The van der Waals surface area contributed by atoms with E-state index < -0.39 is 0 Å². The van der Waals surface area contributed by atoms with Gasteiger partial charge in [-0.05, 0) is 13.5 Å². The Morgan fingerprint density at radius 2 is 2.67 bits per heavy atom. The van der Waals surface area contributed by atoms with Crippen LogP contribution in [0.2, 0.25) is 0 Å². The van der Waals surface area contributed by atoms with Gasteiger partial charge < -0.3 is 5.32 Å². The molecule has 12 heavy (non-hydrogen) atoms.